The van der Waals surface area contributed by atoms with E-state index < -0.39 is 0 Å². The normalized spacial score (nSPS) is 9.90. The van der Waals surface area contributed by atoms with Gasteiger partial charge in [-0.2, -0.15) is 0 Å². The molecular formula is C7H8BrNS. The fraction of sp³-hybridized carbons (Fsp3) is 0.286. The van der Waals surface area contributed by atoms with Crippen LogP contribution in [0.4, 0.5) is 0 Å². The molecule has 1 aromatic rings. The lowest BCUT2D eigenvalue weighted by molar-refractivity contribution is 1.06. The predicted octanol–water partition coefficient (Wildman–Crippen LogP) is 2.87. The molecule has 10 heavy (non-hydrogen) atoms. The quantitative estimate of drug-likeness (QED) is 0.531. The molecule has 0 unspecified atom stereocenters. The Morgan fingerprint density at radius 2 is 2.20 bits per heavy atom. The van der Waals surface area contributed by atoms with Crippen LogP contribution in [0.5, 0.6) is 0 Å². The first-order valence-corrected chi connectivity index (χ1v) is 4.93. The van der Waals surface area contributed by atoms with Gasteiger partial charge in [0.2, 0.25) is 0 Å². The second-order valence-corrected chi connectivity index (χ2v) is 3.57. The minimum Gasteiger partial charge on any atom is -0.234 e. The third-order valence-electron chi connectivity index (χ3n) is 1.21. The number of aromatic nitrogens is 1. The standard InChI is InChI=1S/C7H8BrNS/c1-5-3-4-6(8)9-7(5)10-2/h3-4H,1-2H3. The number of aryl methyl sites for hydroxylation is 1. The lowest BCUT2D eigenvalue weighted by atomic mass is 10.3. The lowest BCUT2D eigenvalue weighted by Crippen LogP contribution is -1.83. The first kappa shape index (κ1) is 8.08. The predicted molar refractivity (Wildman–Crippen MR) is 48.5 cm³/mol. The Hall–Kier alpha value is -0.0200. The Kier molecular flexibility index (Phi) is 2.74. The maximum atomic E-state index is 4.27. The van der Waals surface area contributed by atoms with Crippen LogP contribution in [0.15, 0.2) is 21.8 Å². The summed E-state index contributed by atoms with van der Waals surface area (Å²) in [5.41, 5.74) is 1.23. The highest BCUT2D eigenvalue weighted by molar-refractivity contribution is 9.10. The summed E-state index contributed by atoms with van der Waals surface area (Å²) in [4.78, 5) is 4.27. The number of pyridine rings is 1. The van der Waals surface area contributed by atoms with E-state index in [0.717, 1.165) is 9.63 Å². The minimum absolute atomic E-state index is 0.905. The molecule has 0 saturated heterocycles. The van der Waals surface area contributed by atoms with Crippen molar-refractivity contribution in [3.05, 3.63) is 22.3 Å². The zero-order chi connectivity index (χ0) is 7.56. The van der Waals surface area contributed by atoms with Gasteiger partial charge in [-0.3, -0.25) is 0 Å². The van der Waals surface area contributed by atoms with Gasteiger partial charge in [0.1, 0.15) is 4.60 Å². The van der Waals surface area contributed by atoms with Gasteiger partial charge in [0.25, 0.3) is 0 Å². The van der Waals surface area contributed by atoms with Crippen molar-refractivity contribution in [2.24, 2.45) is 0 Å². The van der Waals surface area contributed by atoms with Gasteiger partial charge >= 0.3 is 0 Å². The fourth-order valence-electron chi connectivity index (χ4n) is 0.694. The molecule has 0 aliphatic heterocycles. The van der Waals surface area contributed by atoms with Crippen LogP contribution in [0, 0.1) is 6.92 Å². The van der Waals surface area contributed by atoms with Crippen LogP contribution in [0.2, 0.25) is 0 Å². The summed E-state index contributed by atoms with van der Waals surface area (Å²) in [5.74, 6) is 0. The van der Waals surface area contributed by atoms with E-state index in [-0.39, 0.29) is 0 Å². The van der Waals surface area contributed by atoms with Crippen LogP contribution in [0.25, 0.3) is 0 Å². The molecule has 0 amide bonds. The average Bonchev–Trinajstić information content (AvgIpc) is 1.94. The molecule has 0 bridgehead atoms. The van der Waals surface area contributed by atoms with Crippen LogP contribution in [0.3, 0.4) is 0 Å². The van der Waals surface area contributed by atoms with Crippen LogP contribution in [0.1, 0.15) is 5.56 Å². The molecule has 3 heteroatoms. The number of hydrogen-bond donors (Lipinski definition) is 0. The first-order chi connectivity index (χ1) is 4.74. The molecule has 0 saturated carbocycles. The topological polar surface area (TPSA) is 12.9 Å². The first-order valence-electron chi connectivity index (χ1n) is 2.91. The third-order valence-corrected chi connectivity index (χ3v) is 2.45. The van der Waals surface area contributed by atoms with Gasteiger partial charge in [-0.05, 0) is 40.7 Å². The van der Waals surface area contributed by atoms with Crippen molar-refractivity contribution in [1.29, 1.82) is 0 Å². The summed E-state index contributed by atoms with van der Waals surface area (Å²) >= 11 is 4.98. The summed E-state index contributed by atoms with van der Waals surface area (Å²) in [6, 6.07) is 4.01. The number of nitrogens with zero attached hydrogens (tertiary/aromatic N) is 1. The largest absolute Gasteiger partial charge is 0.234 e. The zero-order valence-corrected chi connectivity index (χ0v) is 8.29. The molecule has 0 aliphatic rings. The van der Waals surface area contributed by atoms with Crippen molar-refractivity contribution in [1.82, 2.24) is 4.98 Å². The van der Waals surface area contributed by atoms with E-state index in [1.807, 2.05) is 12.3 Å². The van der Waals surface area contributed by atoms with E-state index in [1.54, 1.807) is 11.8 Å². The SMILES string of the molecule is CSc1nc(Br)ccc1C. The van der Waals surface area contributed by atoms with Crippen LogP contribution in [-0.4, -0.2) is 11.2 Å². The summed E-state index contributed by atoms with van der Waals surface area (Å²) < 4.78 is 0.905. The van der Waals surface area contributed by atoms with Gasteiger partial charge < -0.3 is 0 Å². The van der Waals surface area contributed by atoms with Crippen LogP contribution in [-0.2, 0) is 0 Å². The second-order valence-electron chi connectivity index (χ2n) is 1.96. The molecule has 0 spiro atoms. The van der Waals surface area contributed by atoms with Crippen LogP contribution >= 0.6 is 27.7 Å². The van der Waals surface area contributed by atoms with Crippen LogP contribution < -0.4 is 0 Å². The zero-order valence-electron chi connectivity index (χ0n) is 5.89. The van der Waals surface area contributed by atoms with Gasteiger partial charge in [-0.15, -0.1) is 11.8 Å². The van der Waals surface area contributed by atoms with E-state index in [0.29, 0.717) is 0 Å². The minimum atomic E-state index is 0.905. The van der Waals surface area contributed by atoms with Gasteiger partial charge in [-0.1, -0.05) is 6.07 Å². The smallest absolute Gasteiger partial charge is 0.107 e. The van der Waals surface area contributed by atoms with Crippen molar-refractivity contribution in [3.8, 4) is 0 Å². The molecule has 0 radical (unpaired) electrons. The molecular weight excluding hydrogens is 210 g/mol. The summed E-state index contributed by atoms with van der Waals surface area (Å²) in [6.45, 7) is 2.06. The molecule has 0 aliphatic carbocycles. The second kappa shape index (κ2) is 3.39. The van der Waals surface area contributed by atoms with E-state index in [4.69, 9.17) is 0 Å². The Morgan fingerprint density at radius 1 is 1.50 bits per heavy atom. The van der Waals surface area contributed by atoms with Gasteiger partial charge in [-0.25, -0.2) is 4.98 Å². The van der Waals surface area contributed by atoms with Crippen molar-refractivity contribution in [3.63, 3.8) is 0 Å². The Balaban J connectivity index is 3.09. The van der Waals surface area contributed by atoms with Gasteiger partial charge in [0.05, 0.1) is 5.03 Å². The summed E-state index contributed by atoms with van der Waals surface area (Å²) in [5, 5.41) is 1.09. The fourth-order valence-corrected chi connectivity index (χ4v) is 1.70. The molecule has 0 aromatic carbocycles. The number of halogens is 1. The van der Waals surface area contributed by atoms with Crippen molar-refractivity contribution < 1.29 is 0 Å². The lowest BCUT2D eigenvalue weighted by Gasteiger charge is -1.99. The maximum absolute atomic E-state index is 4.27. The van der Waals surface area contributed by atoms with E-state index in [2.05, 4.69) is 33.9 Å². The Bertz CT molecular complexity index is 237. The molecule has 0 atom stereocenters. The number of thioether (sulfide) groups is 1. The van der Waals surface area contributed by atoms with Crippen molar-refractivity contribution >= 4 is 27.7 Å². The highest BCUT2D eigenvalue weighted by atomic mass is 79.9. The average molecular weight is 218 g/mol. The van der Waals surface area contributed by atoms with Crippen molar-refractivity contribution in [2.75, 3.05) is 6.26 Å². The monoisotopic (exact) mass is 217 g/mol. The molecule has 1 heterocycles. The Morgan fingerprint density at radius 3 is 2.70 bits per heavy atom. The third kappa shape index (κ3) is 1.73. The van der Waals surface area contributed by atoms with E-state index in [1.165, 1.54) is 5.56 Å². The van der Waals surface area contributed by atoms with Gasteiger partial charge in [0.15, 0.2) is 0 Å². The summed E-state index contributed by atoms with van der Waals surface area (Å²) in [6.07, 6.45) is 2.03. The molecule has 1 rings (SSSR count). The highest BCUT2D eigenvalue weighted by Crippen LogP contribution is 2.19. The van der Waals surface area contributed by atoms with E-state index in [9.17, 15) is 0 Å². The van der Waals surface area contributed by atoms with Gasteiger partial charge in [0, 0.05) is 0 Å². The van der Waals surface area contributed by atoms with E-state index >= 15 is 0 Å². The highest BCUT2D eigenvalue weighted by Gasteiger charge is 1.96. The molecule has 1 nitrogen and oxygen atoms in total. The molecule has 54 valence electrons. The number of hydrogen-bond acceptors (Lipinski definition) is 2. The molecule has 0 N–H and O–H groups in total. The van der Waals surface area contributed by atoms with Crippen molar-refractivity contribution in [2.45, 2.75) is 11.9 Å². The Labute approximate surface area is 73.4 Å². The number of rotatable bonds is 1. The summed E-state index contributed by atoms with van der Waals surface area (Å²) in [7, 11) is 0. The molecule has 0 fully saturated rings. The maximum Gasteiger partial charge on any atom is 0.107 e. The molecule has 1 aromatic heterocycles.